The molecule has 1 aromatic carbocycles. The van der Waals surface area contributed by atoms with Crippen LogP contribution in [0.4, 0.5) is 5.69 Å². The third kappa shape index (κ3) is 8.23. The van der Waals surface area contributed by atoms with Crippen molar-refractivity contribution in [2.75, 3.05) is 17.8 Å². The summed E-state index contributed by atoms with van der Waals surface area (Å²) in [5.41, 5.74) is 4.13. The van der Waals surface area contributed by atoms with Crippen LogP contribution < -0.4 is 10.0 Å². The number of hydrogen-bond donors (Lipinski definition) is 2. The average molecular weight is 490 g/mol. The molecule has 0 bridgehead atoms. The summed E-state index contributed by atoms with van der Waals surface area (Å²) in [4.78, 5) is 14.8. The Morgan fingerprint density at radius 1 is 1.20 bits per heavy atom. The maximum atomic E-state index is 6.26. The van der Waals surface area contributed by atoms with Crippen molar-refractivity contribution in [3.8, 4) is 0 Å². The van der Waals surface area contributed by atoms with Gasteiger partial charge in [-0.1, -0.05) is 45.0 Å². The molecular weight excluding hydrogens is 454 g/mol. The van der Waals surface area contributed by atoms with E-state index in [0.717, 1.165) is 65.0 Å². The number of allylic oxidation sites excluding steroid dienone is 3. The van der Waals surface area contributed by atoms with Crippen molar-refractivity contribution in [1.29, 1.82) is 0 Å². The molecule has 2 N–H and O–H groups in total. The van der Waals surface area contributed by atoms with E-state index >= 15 is 0 Å². The first-order valence-corrected chi connectivity index (χ1v) is 12.9. The number of nitrogens with one attached hydrogen (secondary N) is 2. The second-order valence-corrected chi connectivity index (χ2v) is 9.07. The Labute approximate surface area is 213 Å². The van der Waals surface area contributed by atoms with Gasteiger partial charge in [0.15, 0.2) is 0 Å². The smallest absolute Gasteiger partial charge is 0.127 e. The Kier molecular flexibility index (Phi) is 10.8. The van der Waals surface area contributed by atoms with Crippen molar-refractivity contribution in [2.45, 2.75) is 51.0 Å². The van der Waals surface area contributed by atoms with Crippen LogP contribution in [0.15, 0.2) is 100 Å². The third-order valence-corrected chi connectivity index (χ3v) is 5.98. The summed E-state index contributed by atoms with van der Waals surface area (Å²) in [6, 6.07) is 12.2. The van der Waals surface area contributed by atoms with E-state index in [9.17, 15) is 0 Å². The molecule has 0 atom stereocenters. The number of dihydropyridines is 1. The number of aliphatic imine (C=N–C) groups is 2. The van der Waals surface area contributed by atoms with Crippen molar-refractivity contribution < 1.29 is 4.74 Å². The predicted octanol–water partition coefficient (Wildman–Crippen LogP) is 6.56. The molecule has 0 unspecified atom stereocenters. The predicted molar refractivity (Wildman–Crippen MR) is 149 cm³/mol. The fraction of sp³-hybridized carbons (Fsp3) is 0.321. The van der Waals surface area contributed by atoms with Gasteiger partial charge in [-0.05, 0) is 75.2 Å². The molecule has 1 fully saturated rings. The minimum atomic E-state index is 0.197. The maximum absolute atomic E-state index is 6.26. The van der Waals surface area contributed by atoms with Gasteiger partial charge < -0.3 is 14.8 Å². The Bertz CT molecular complexity index is 1090. The molecule has 0 amide bonds. The van der Waals surface area contributed by atoms with Gasteiger partial charge in [0.2, 0.25) is 0 Å². The summed E-state index contributed by atoms with van der Waals surface area (Å²) in [5.74, 6) is 0.779. The van der Waals surface area contributed by atoms with Crippen LogP contribution in [0.1, 0.15) is 45.6 Å². The van der Waals surface area contributed by atoms with Gasteiger partial charge >= 0.3 is 0 Å². The number of ether oxygens (including phenoxy) is 1. The van der Waals surface area contributed by atoms with Crippen molar-refractivity contribution in [2.24, 2.45) is 9.98 Å². The highest BCUT2D eigenvalue weighted by molar-refractivity contribution is 8.00. The van der Waals surface area contributed by atoms with Gasteiger partial charge in [0.1, 0.15) is 17.6 Å². The molecule has 184 valence electrons. The topological polar surface area (TPSA) is 70.9 Å². The SMILES string of the molecule is C=CN=C1C=CC(c2cncc(NSc3ccccc3)c2)=N/C1=C(/C)OC1CCNCC1.CCC. The minimum Gasteiger partial charge on any atom is -0.493 e. The quantitative estimate of drug-likeness (QED) is 0.340. The summed E-state index contributed by atoms with van der Waals surface area (Å²) in [6.45, 7) is 11.9. The number of nitrogens with zero attached hydrogens (tertiary/aromatic N) is 3. The Balaban J connectivity index is 0.00000108. The van der Waals surface area contributed by atoms with E-state index in [2.05, 4.69) is 52.6 Å². The normalized spacial score (nSPS) is 18.3. The first-order valence-electron chi connectivity index (χ1n) is 12.1. The molecule has 1 saturated heterocycles. The minimum absolute atomic E-state index is 0.197. The standard InChI is InChI=1S/C25H27N5OS.C3H8/c1-3-28-24-10-9-23(29-25(24)18(2)31-21-11-13-26-14-12-21)19-15-20(17-27-16-19)30-32-22-7-5-4-6-8-22;1-3-2/h3-10,15-17,21,26,30H,1,11-14H2,2H3;3H2,1-2H3/b25-18-,28-24?;. The zero-order valence-electron chi connectivity index (χ0n) is 20.8. The van der Waals surface area contributed by atoms with Crippen LogP contribution in [0.2, 0.25) is 0 Å². The van der Waals surface area contributed by atoms with Crippen LogP contribution in [-0.4, -0.2) is 35.6 Å². The van der Waals surface area contributed by atoms with Gasteiger partial charge in [-0.2, -0.15) is 0 Å². The molecule has 2 aromatic rings. The molecule has 7 heteroatoms. The van der Waals surface area contributed by atoms with Crippen LogP contribution in [-0.2, 0) is 4.74 Å². The molecule has 0 saturated carbocycles. The molecule has 2 aliphatic heterocycles. The lowest BCUT2D eigenvalue weighted by atomic mass is 10.1. The zero-order chi connectivity index (χ0) is 24.9. The van der Waals surface area contributed by atoms with Gasteiger partial charge in [-0.15, -0.1) is 0 Å². The first-order chi connectivity index (χ1) is 17.1. The van der Waals surface area contributed by atoms with Gasteiger partial charge in [0.25, 0.3) is 0 Å². The number of hydrogen-bond acceptors (Lipinski definition) is 7. The van der Waals surface area contributed by atoms with Gasteiger partial charge in [0.05, 0.1) is 23.3 Å². The van der Waals surface area contributed by atoms with Crippen LogP contribution in [0.3, 0.4) is 0 Å². The molecule has 0 spiro atoms. The Morgan fingerprint density at radius 3 is 2.66 bits per heavy atom. The Hall–Kier alpha value is -3.16. The molecular formula is C28H35N5OS. The van der Waals surface area contributed by atoms with E-state index in [1.54, 1.807) is 18.1 Å². The molecule has 3 heterocycles. The van der Waals surface area contributed by atoms with Crippen LogP contribution in [0.5, 0.6) is 0 Å². The highest BCUT2D eigenvalue weighted by atomic mass is 32.2. The highest BCUT2D eigenvalue weighted by Gasteiger charge is 2.20. The number of rotatable bonds is 7. The Morgan fingerprint density at radius 2 is 1.94 bits per heavy atom. The van der Waals surface area contributed by atoms with Gasteiger partial charge in [-0.25, -0.2) is 4.99 Å². The van der Waals surface area contributed by atoms with E-state index < -0.39 is 0 Å². The summed E-state index contributed by atoms with van der Waals surface area (Å²) < 4.78 is 9.61. The average Bonchev–Trinajstić information content (AvgIpc) is 2.90. The fourth-order valence-corrected chi connectivity index (χ4v) is 4.18. The fourth-order valence-electron chi connectivity index (χ4n) is 3.54. The number of anilines is 1. The summed E-state index contributed by atoms with van der Waals surface area (Å²) in [7, 11) is 0. The zero-order valence-corrected chi connectivity index (χ0v) is 21.6. The molecule has 0 aliphatic carbocycles. The van der Waals surface area contributed by atoms with Gasteiger partial charge in [-0.3, -0.25) is 9.98 Å². The van der Waals surface area contributed by atoms with Gasteiger partial charge in [0, 0.05) is 22.9 Å². The van der Waals surface area contributed by atoms with E-state index in [0.29, 0.717) is 0 Å². The largest absolute Gasteiger partial charge is 0.493 e. The van der Waals surface area contributed by atoms with Crippen LogP contribution in [0.25, 0.3) is 0 Å². The second kappa shape index (κ2) is 14.3. The summed E-state index contributed by atoms with van der Waals surface area (Å²) in [5, 5.41) is 3.36. The first kappa shape index (κ1) is 26.4. The lowest BCUT2D eigenvalue weighted by molar-refractivity contribution is 0.0881. The molecule has 0 radical (unpaired) electrons. The van der Waals surface area contributed by atoms with E-state index in [4.69, 9.17) is 9.73 Å². The lowest BCUT2D eigenvalue weighted by Crippen LogP contribution is -2.32. The summed E-state index contributed by atoms with van der Waals surface area (Å²) in [6.07, 6.45) is 12.5. The molecule has 4 rings (SSSR count). The molecule has 2 aliphatic rings. The van der Waals surface area contributed by atoms with Crippen molar-refractivity contribution >= 4 is 29.1 Å². The monoisotopic (exact) mass is 489 g/mol. The van der Waals surface area contributed by atoms with E-state index in [1.165, 1.54) is 12.6 Å². The number of piperidine rings is 1. The maximum Gasteiger partial charge on any atom is 0.127 e. The van der Waals surface area contributed by atoms with Crippen molar-refractivity contribution in [3.63, 3.8) is 0 Å². The molecule has 6 nitrogen and oxygen atoms in total. The van der Waals surface area contributed by atoms with Crippen molar-refractivity contribution in [3.05, 3.63) is 90.7 Å². The second-order valence-electron chi connectivity index (χ2n) is 8.19. The van der Waals surface area contributed by atoms with Crippen LogP contribution in [0, 0.1) is 0 Å². The summed E-state index contributed by atoms with van der Waals surface area (Å²) >= 11 is 1.55. The van der Waals surface area contributed by atoms with E-state index in [1.807, 2.05) is 49.5 Å². The lowest BCUT2D eigenvalue weighted by Gasteiger charge is -2.25. The molecule has 35 heavy (non-hydrogen) atoms. The number of pyridine rings is 1. The van der Waals surface area contributed by atoms with E-state index in [-0.39, 0.29) is 6.10 Å². The number of aromatic nitrogens is 1. The van der Waals surface area contributed by atoms with Crippen molar-refractivity contribution in [1.82, 2.24) is 10.3 Å². The highest BCUT2D eigenvalue weighted by Crippen LogP contribution is 2.24. The van der Waals surface area contributed by atoms with Crippen LogP contribution >= 0.6 is 11.9 Å². The molecule has 1 aromatic heterocycles. The third-order valence-electron chi connectivity index (χ3n) is 5.13. The number of benzene rings is 1.